The topological polar surface area (TPSA) is 87.3 Å². The van der Waals surface area contributed by atoms with Crippen molar-refractivity contribution in [3.63, 3.8) is 0 Å². The number of hydrogen-bond acceptors (Lipinski definition) is 4. The summed E-state index contributed by atoms with van der Waals surface area (Å²) in [5, 5.41) is 8.68. The van der Waals surface area contributed by atoms with Crippen LogP contribution in [0.15, 0.2) is 30.3 Å². The van der Waals surface area contributed by atoms with Crippen LogP contribution in [0.1, 0.15) is 46.1 Å². The molecule has 0 heterocycles. The van der Waals surface area contributed by atoms with Crippen molar-refractivity contribution in [2.24, 2.45) is 5.92 Å². The van der Waals surface area contributed by atoms with E-state index >= 15 is 0 Å². The molecule has 0 aliphatic heterocycles. The average molecular weight is 361 g/mol. The van der Waals surface area contributed by atoms with Gasteiger partial charge in [0.15, 0.2) is 0 Å². The van der Waals surface area contributed by atoms with E-state index in [1.54, 1.807) is 0 Å². The average Bonchev–Trinajstić information content (AvgIpc) is 2.58. The molecular weight excluding hydrogens is 330 g/mol. The largest absolute Gasteiger partial charge is 0.338 e. The van der Waals surface area contributed by atoms with Gasteiger partial charge in [0, 0.05) is 13.1 Å². The van der Waals surface area contributed by atoms with Crippen LogP contribution in [0.25, 0.3) is 0 Å². The van der Waals surface area contributed by atoms with Crippen molar-refractivity contribution in [3.05, 3.63) is 35.9 Å². The van der Waals surface area contributed by atoms with E-state index in [0.29, 0.717) is 31.8 Å². The lowest BCUT2D eigenvalue weighted by molar-refractivity contribution is -0.121. The summed E-state index contributed by atoms with van der Waals surface area (Å²) < 4.78 is 0. The Morgan fingerprint density at radius 2 is 1.54 bits per heavy atom. The van der Waals surface area contributed by atoms with E-state index in [-0.39, 0.29) is 23.6 Å². The van der Waals surface area contributed by atoms with Crippen molar-refractivity contribution in [2.45, 2.75) is 59.2 Å². The molecule has 26 heavy (non-hydrogen) atoms. The van der Waals surface area contributed by atoms with Crippen molar-refractivity contribution in [1.82, 2.24) is 16.0 Å². The SMILES string of the molecule is CC(=O)C(CCNC(=O)NCc1ccccc1)NC(CC(C)C)C(C)=O. The molecule has 3 N–H and O–H groups in total. The maximum atomic E-state index is 11.9. The Labute approximate surface area is 156 Å². The Balaban J connectivity index is 2.41. The molecule has 0 bridgehead atoms. The molecule has 144 valence electrons. The van der Waals surface area contributed by atoms with Gasteiger partial charge >= 0.3 is 6.03 Å². The van der Waals surface area contributed by atoms with Crippen LogP contribution >= 0.6 is 0 Å². The highest BCUT2D eigenvalue weighted by molar-refractivity contribution is 5.85. The molecule has 6 heteroatoms. The van der Waals surface area contributed by atoms with Gasteiger partial charge in [0.1, 0.15) is 11.6 Å². The van der Waals surface area contributed by atoms with Gasteiger partial charge < -0.3 is 10.6 Å². The molecule has 0 saturated heterocycles. The molecule has 2 unspecified atom stereocenters. The van der Waals surface area contributed by atoms with Crippen LogP contribution in [-0.4, -0.2) is 36.2 Å². The molecule has 0 aliphatic rings. The van der Waals surface area contributed by atoms with E-state index in [0.717, 1.165) is 5.56 Å². The third-order valence-corrected chi connectivity index (χ3v) is 4.11. The van der Waals surface area contributed by atoms with E-state index in [1.165, 1.54) is 13.8 Å². The molecule has 0 saturated carbocycles. The second-order valence-corrected chi connectivity index (χ2v) is 7.01. The molecule has 6 nitrogen and oxygen atoms in total. The van der Waals surface area contributed by atoms with Gasteiger partial charge in [0.05, 0.1) is 12.1 Å². The molecule has 0 aromatic heterocycles. The maximum Gasteiger partial charge on any atom is 0.315 e. The van der Waals surface area contributed by atoms with E-state index < -0.39 is 6.04 Å². The van der Waals surface area contributed by atoms with Crippen LogP contribution in [0.3, 0.4) is 0 Å². The first-order valence-corrected chi connectivity index (χ1v) is 9.12. The lowest BCUT2D eigenvalue weighted by atomic mass is 9.98. The fourth-order valence-electron chi connectivity index (χ4n) is 2.64. The predicted octanol–water partition coefficient (Wildman–Crippen LogP) is 2.43. The van der Waals surface area contributed by atoms with Crippen LogP contribution in [0.4, 0.5) is 4.79 Å². The molecular formula is C20H31N3O3. The number of rotatable bonds is 11. The third-order valence-electron chi connectivity index (χ3n) is 4.11. The number of Topliss-reactive ketones (excluding diaryl/α,β-unsaturated/α-hetero) is 2. The third kappa shape index (κ3) is 8.76. The zero-order chi connectivity index (χ0) is 19.5. The summed E-state index contributed by atoms with van der Waals surface area (Å²) in [4.78, 5) is 35.5. The molecule has 0 aliphatic carbocycles. The Bertz CT molecular complexity index is 587. The normalized spacial score (nSPS) is 13.1. The highest BCUT2D eigenvalue weighted by Gasteiger charge is 2.22. The number of amides is 2. The van der Waals surface area contributed by atoms with Gasteiger partial charge in [0.25, 0.3) is 0 Å². The summed E-state index contributed by atoms with van der Waals surface area (Å²) in [6.07, 6.45) is 1.13. The number of nitrogens with one attached hydrogen (secondary N) is 3. The standard InChI is InChI=1S/C20H31N3O3/c1-14(2)12-19(16(4)25)23-18(15(3)24)10-11-21-20(26)22-13-17-8-6-5-7-9-17/h5-9,14,18-19,23H,10-13H2,1-4H3,(H2,21,22,26). The molecule has 0 spiro atoms. The van der Waals surface area contributed by atoms with E-state index in [4.69, 9.17) is 0 Å². The maximum absolute atomic E-state index is 11.9. The van der Waals surface area contributed by atoms with Gasteiger partial charge in [-0.2, -0.15) is 0 Å². The first-order chi connectivity index (χ1) is 12.3. The molecule has 1 aromatic carbocycles. The quantitative estimate of drug-likeness (QED) is 0.565. The zero-order valence-corrected chi connectivity index (χ0v) is 16.2. The first kappa shape index (κ1) is 21.8. The number of benzene rings is 1. The van der Waals surface area contributed by atoms with Gasteiger partial charge in [-0.1, -0.05) is 44.2 Å². The Hall–Kier alpha value is -2.21. The molecule has 1 rings (SSSR count). The Morgan fingerprint density at radius 1 is 0.923 bits per heavy atom. The predicted molar refractivity (Wildman–Crippen MR) is 103 cm³/mol. The Kier molecular flexibility index (Phi) is 9.58. The second kappa shape index (κ2) is 11.4. The van der Waals surface area contributed by atoms with E-state index in [2.05, 4.69) is 16.0 Å². The lowest BCUT2D eigenvalue weighted by Gasteiger charge is -2.24. The second-order valence-electron chi connectivity index (χ2n) is 7.01. The van der Waals surface area contributed by atoms with Crippen molar-refractivity contribution < 1.29 is 14.4 Å². The minimum absolute atomic E-state index is 0.0264. The number of carbonyl (C=O) groups is 3. The molecule has 0 radical (unpaired) electrons. The van der Waals surface area contributed by atoms with Crippen molar-refractivity contribution in [2.75, 3.05) is 6.54 Å². The van der Waals surface area contributed by atoms with Crippen molar-refractivity contribution in [1.29, 1.82) is 0 Å². The number of ketones is 2. The van der Waals surface area contributed by atoms with Crippen molar-refractivity contribution >= 4 is 17.6 Å². The van der Waals surface area contributed by atoms with Gasteiger partial charge in [-0.25, -0.2) is 4.79 Å². The van der Waals surface area contributed by atoms with Crippen LogP contribution in [-0.2, 0) is 16.1 Å². The minimum atomic E-state index is -0.447. The summed E-state index contributed by atoms with van der Waals surface area (Å²) in [5.41, 5.74) is 1.02. The monoisotopic (exact) mass is 361 g/mol. The summed E-state index contributed by atoms with van der Waals surface area (Å²) in [5.74, 6) is 0.343. The zero-order valence-electron chi connectivity index (χ0n) is 16.2. The van der Waals surface area contributed by atoms with Crippen molar-refractivity contribution in [3.8, 4) is 0 Å². The van der Waals surface area contributed by atoms with Crippen LogP contribution in [0.5, 0.6) is 0 Å². The molecule has 2 atom stereocenters. The number of urea groups is 1. The summed E-state index contributed by atoms with van der Waals surface area (Å²) in [6.45, 7) is 7.91. The Morgan fingerprint density at radius 3 is 2.08 bits per heavy atom. The fraction of sp³-hybridized carbons (Fsp3) is 0.550. The number of hydrogen-bond donors (Lipinski definition) is 3. The lowest BCUT2D eigenvalue weighted by Crippen LogP contribution is -2.48. The van der Waals surface area contributed by atoms with E-state index in [9.17, 15) is 14.4 Å². The number of carbonyl (C=O) groups excluding carboxylic acids is 3. The van der Waals surface area contributed by atoms with Gasteiger partial charge in [0.2, 0.25) is 0 Å². The minimum Gasteiger partial charge on any atom is -0.338 e. The first-order valence-electron chi connectivity index (χ1n) is 9.12. The van der Waals surface area contributed by atoms with Gasteiger partial charge in [-0.05, 0) is 38.2 Å². The fourth-order valence-corrected chi connectivity index (χ4v) is 2.64. The van der Waals surface area contributed by atoms with Gasteiger partial charge in [-0.3, -0.25) is 14.9 Å². The van der Waals surface area contributed by atoms with Crippen LogP contribution < -0.4 is 16.0 Å². The van der Waals surface area contributed by atoms with E-state index in [1.807, 2.05) is 44.2 Å². The molecule has 1 aromatic rings. The van der Waals surface area contributed by atoms with Gasteiger partial charge in [-0.15, -0.1) is 0 Å². The van der Waals surface area contributed by atoms with Crippen LogP contribution in [0, 0.1) is 5.92 Å². The highest BCUT2D eigenvalue weighted by Crippen LogP contribution is 2.08. The molecule has 2 amide bonds. The summed E-state index contributed by atoms with van der Waals surface area (Å²) in [6, 6.07) is 8.57. The smallest absolute Gasteiger partial charge is 0.315 e. The highest BCUT2D eigenvalue weighted by atomic mass is 16.2. The summed E-state index contributed by atoms with van der Waals surface area (Å²) in [7, 11) is 0. The van der Waals surface area contributed by atoms with Crippen LogP contribution in [0.2, 0.25) is 0 Å². The summed E-state index contributed by atoms with van der Waals surface area (Å²) >= 11 is 0. The molecule has 0 fully saturated rings.